The lowest BCUT2D eigenvalue weighted by Crippen LogP contribution is -2.40. The molecule has 1 aromatic rings. The van der Waals surface area contributed by atoms with E-state index in [1.807, 2.05) is 13.8 Å². The van der Waals surface area contributed by atoms with Crippen molar-refractivity contribution >= 4 is 5.91 Å². The first kappa shape index (κ1) is 17.4. The molecular weight excluding hydrogens is 298 g/mol. The third-order valence-corrected chi connectivity index (χ3v) is 5.75. The van der Waals surface area contributed by atoms with Crippen molar-refractivity contribution in [3.8, 4) is 0 Å². The summed E-state index contributed by atoms with van der Waals surface area (Å²) in [6.07, 6.45) is 5.83. The maximum Gasteiger partial charge on any atom is 0.223 e. The molecule has 1 saturated heterocycles. The van der Waals surface area contributed by atoms with Gasteiger partial charge in [0.25, 0.3) is 0 Å². The van der Waals surface area contributed by atoms with E-state index in [1.54, 1.807) is 0 Å². The lowest BCUT2D eigenvalue weighted by atomic mass is 9.76. The zero-order valence-corrected chi connectivity index (χ0v) is 15.3. The van der Waals surface area contributed by atoms with Gasteiger partial charge in [0, 0.05) is 24.2 Å². The highest BCUT2D eigenvalue weighted by Gasteiger charge is 2.43. The molecule has 0 radical (unpaired) electrons. The molecular formula is C20H31N3O. The van der Waals surface area contributed by atoms with Crippen molar-refractivity contribution in [3.05, 3.63) is 29.6 Å². The Morgan fingerprint density at radius 3 is 2.75 bits per heavy atom. The molecule has 0 unspecified atom stereocenters. The van der Waals surface area contributed by atoms with Gasteiger partial charge in [-0.2, -0.15) is 0 Å². The zero-order chi connectivity index (χ0) is 17.2. The summed E-state index contributed by atoms with van der Waals surface area (Å²) in [5, 5.41) is 3.10. The first-order valence-corrected chi connectivity index (χ1v) is 9.41. The Bertz CT molecular complexity index is 576. The topological polar surface area (TPSA) is 45.2 Å². The van der Waals surface area contributed by atoms with Gasteiger partial charge in [-0.1, -0.05) is 6.07 Å². The van der Waals surface area contributed by atoms with Gasteiger partial charge in [0.2, 0.25) is 5.91 Å². The summed E-state index contributed by atoms with van der Waals surface area (Å²) in [5.74, 6) is 0.505. The summed E-state index contributed by atoms with van der Waals surface area (Å²) in [7, 11) is 0. The highest BCUT2D eigenvalue weighted by Crippen LogP contribution is 2.49. The van der Waals surface area contributed by atoms with Crippen LogP contribution in [0.3, 0.4) is 0 Å². The first-order chi connectivity index (χ1) is 11.5. The van der Waals surface area contributed by atoms with Crippen LogP contribution in [0.25, 0.3) is 0 Å². The number of carbonyl (C=O) groups excluding carboxylic acids is 1. The van der Waals surface area contributed by atoms with E-state index in [9.17, 15) is 4.79 Å². The van der Waals surface area contributed by atoms with Crippen LogP contribution in [-0.4, -0.2) is 34.9 Å². The molecule has 1 amide bonds. The second-order valence-electron chi connectivity index (χ2n) is 8.15. The van der Waals surface area contributed by atoms with Gasteiger partial charge in [-0.15, -0.1) is 0 Å². The summed E-state index contributed by atoms with van der Waals surface area (Å²) in [6, 6.07) is 6.52. The number of nitrogens with zero attached hydrogens (tertiary/aromatic N) is 2. The van der Waals surface area contributed by atoms with Crippen LogP contribution in [0.5, 0.6) is 0 Å². The minimum absolute atomic E-state index is 0.234. The number of aromatic nitrogens is 1. The number of rotatable bonds is 4. The number of hydrogen-bond acceptors (Lipinski definition) is 3. The molecule has 1 aromatic heterocycles. The van der Waals surface area contributed by atoms with Gasteiger partial charge in [0.05, 0.1) is 5.69 Å². The predicted octanol–water partition coefficient (Wildman–Crippen LogP) is 3.30. The van der Waals surface area contributed by atoms with Gasteiger partial charge in [0.1, 0.15) is 0 Å². The normalized spacial score (nSPS) is 23.8. The van der Waals surface area contributed by atoms with E-state index < -0.39 is 0 Å². The van der Waals surface area contributed by atoms with Gasteiger partial charge in [-0.05, 0) is 83.5 Å². The van der Waals surface area contributed by atoms with Crippen LogP contribution < -0.4 is 5.32 Å². The first-order valence-electron chi connectivity index (χ1n) is 9.41. The van der Waals surface area contributed by atoms with E-state index in [0.29, 0.717) is 5.41 Å². The highest BCUT2D eigenvalue weighted by molar-refractivity contribution is 5.79. The third-order valence-electron chi connectivity index (χ3n) is 5.75. The van der Waals surface area contributed by atoms with Crippen molar-refractivity contribution < 1.29 is 4.79 Å². The Labute approximate surface area is 146 Å². The zero-order valence-electron chi connectivity index (χ0n) is 15.3. The number of nitrogens with one attached hydrogen (secondary N) is 1. The molecule has 0 bridgehead atoms. The Morgan fingerprint density at radius 2 is 2.08 bits per heavy atom. The Balaban J connectivity index is 1.51. The van der Waals surface area contributed by atoms with Gasteiger partial charge < -0.3 is 5.32 Å². The molecule has 24 heavy (non-hydrogen) atoms. The van der Waals surface area contributed by atoms with Crippen molar-refractivity contribution in [2.45, 2.75) is 65.5 Å². The van der Waals surface area contributed by atoms with Crippen LogP contribution in [0.15, 0.2) is 18.2 Å². The largest absolute Gasteiger partial charge is 0.354 e. The number of hydrogen-bond donors (Lipinski definition) is 1. The summed E-state index contributed by atoms with van der Waals surface area (Å²) in [6.45, 7) is 9.35. The van der Waals surface area contributed by atoms with Crippen LogP contribution in [0.1, 0.15) is 57.3 Å². The molecule has 1 saturated carbocycles. The molecule has 4 nitrogen and oxygen atoms in total. The summed E-state index contributed by atoms with van der Waals surface area (Å²) in [4.78, 5) is 19.4. The second-order valence-corrected chi connectivity index (χ2v) is 8.15. The molecule has 4 heteroatoms. The average Bonchev–Trinajstić information content (AvgIpc) is 2.94. The number of pyridine rings is 1. The number of amides is 1. The van der Waals surface area contributed by atoms with Gasteiger partial charge in [0.15, 0.2) is 0 Å². The van der Waals surface area contributed by atoms with Crippen molar-refractivity contribution in [3.63, 3.8) is 0 Å². The molecule has 2 aliphatic rings. The lowest BCUT2D eigenvalue weighted by molar-refractivity contribution is -0.125. The van der Waals surface area contributed by atoms with Crippen molar-refractivity contribution in [1.29, 1.82) is 0 Å². The van der Waals surface area contributed by atoms with Crippen molar-refractivity contribution in [2.24, 2.45) is 11.3 Å². The highest BCUT2D eigenvalue weighted by atomic mass is 16.1. The Morgan fingerprint density at radius 1 is 1.33 bits per heavy atom. The molecule has 1 aliphatic carbocycles. The summed E-state index contributed by atoms with van der Waals surface area (Å²) >= 11 is 0. The lowest BCUT2D eigenvalue weighted by Gasteiger charge is -2.39. The number of aryl methyl sites for hydroxylation is 1. The third kappa shape index (κ3) is 4.15. The standard InChI is InChI=1S/C20H31N3O/c1-15(2)21-19(24)17-7-8-20(13-17)9-11-23(12-10-20)14-18-6-4-5-16(3)22-18/h4-6,15,17H,7-14H2,1-3H3,(H,21,24)/t17-/m0/s1. The number of carbonyl (C=O) groups is 1. The molecule has 1 spiro atoms. The van der Waals surface area contributed by atoms with E-state index in [-0.39, 0.29) is 17.9 Å². The van der Waals surface area contributed by atoms with E-state index in [2.05, 4.69) is 40.3 Å². The average molecular weight is 329 g/mol. The molecule has 1 aliphatic heterocycles. The maximum absolute atomic E-state index is 12.3. The van der Waals surface area contributed by atoms with Crippen LogP contribution in [0.4, 0.5) is 0 Å². The van der Waals surface area contributed by atoms with E-state index in [4.69, 9.17) is 0 Å². The fraction of sp³-hybridized carbons (Fsp3) is 0.700. The number of likely N-dealkylation sites (tertiary alicyclic amines) is 1. The quantitative estimate of drug-likeness (QED) is 0.922. The smallest absolute Gasteiger partial charge is 0.223 e. The van der Waals surface area contributed by atoms with Gasteiger partial charge >= 0.3 is 0 Å². The molecule has 0 aromatic carbocycles. The van der Waals surface area contributed by atoms with Crippen molar-refractivity contribution in [2.75, 3.05) is 13.1 Å². The molecule has 1 atom stereocenters. The van der Waals surface area contributed by atoms with E-state index >= 15 is 0 Å². The van der Waals surface area contributed by atoms with Crippen LogP contribution in [0, 0.1) is 18.3 Å². The number of piperidine rings is 1. The minimum atomic E-state index is 0.234. The van der Waals surface area contributed by atoms with Gasteiger partial charge in [-0.25, -0.2) is 0 Å². The van der Waals surface area contributed by atoms with Crippen LogP contribution in [0.2, 0.25) is 0 Å². The second kappa shape index (κ2) is 7.22. The molecule has 2 fully saturated rings. The maximum atomic E-state index is 12.3. The van der Waals surface area contributed by atoms with E-state index in [0.717, 1.165) is 38.2 Å². The van der Waals surface area contributed by atoms with Crippen LogP contribution in [-0.2, 0) is 11.3 Å². The molecule has 132 valence electrons. The molecule has 3 rings (SSSR count). The summed E-state index contributed by atoms with van der Waals surface area (Å²) in [5.41, 5.74) is 2.68. The Kier molecular flexibility index (Phi) is 5.24. The Hall–Kier alpha value is -1.42. The van der Waals surface area contributed by atoms with Crippen molar-refractivity contribution in [1.82, 2.24) is 15.2 Å². The summed E-state index contributed by atoms with van der Waals surface area (Å²) < 4.78 is 0. The monoisotopic (exact) mass is 329 g/mol. The van der Waals surface area contributed by atoms with Crippen LogP contribution >= 0.6 is 0 Å². The fourth-order valence-corrected chi connectivity index (χ4v) is 4.39. The van der Waals surface area contributed by atoms with Gasteiger partial charge in [-0.3, -0.25) is 14.7 Å². The molecule has 2 heterocycles. The fourth-order valence-electron chi connectivity index (χ4n) is 4.39. The predicted molar refractivity (Wildman–Crippen MR) is 96.5 cm³/mol. The minimum Gasteiger partial charge on any atom is -0.354 e. The SMILES string of the molecule is Cc1cccc(CN2CCC3(CC[C@H](C(=O)NC(C)C)C3)CC2)n1. The van der Waals surface area contributed by atoms with E-state index in [1.165, 1.54) is 25.0 Å². The molecule has 1 N–H and O–H groups in total.